The fourth-order valence-electron chi connectivity index (χ4n) is 3.09. The highest BCUT2D eigenvalue weighted by Gasteiger charge is 2.29. The molecule has 1 N–H and O–H groups in total. The van der Waals surface area contributed by atoms with Crippen molar-refractivity contribution in [3.63, 3.8) is 0 Å². The van der Waals surface area contributed by atoms with Crippen molar-refractivity contribution in [3.8, 4) is 0 Å². The molecule has 0 saturated carbocycles. The summed E-state index contributed by atoms with van der Waals surface area (Å²) in [5.74, 6) is -0.472. The number of carbonyl (C=O) groups is 2. The lowest BCUT2D eigenvalue weighted by atomic mass is 9.94. The van der Waals surface area contributed by atoms with E-state index in [2.05, 4.69) is 5.16 Å². The Balaban J connectivity index is 1.99. The van der Waals surface area contributed by atoms with Crippen molar-refractivity contribution in [1.29, 1.82) is 0 Å². The molecule has 1 aliphatic heterocycles. The van der Waals surface area contributed by atoms with Gasteiger partial charge in [0.2, 0.25) is 5.91 Å². The van der Waals surface area contributed by atoms with Gasteiger partial charge < -0.3 is 14.5 Å². The summed E-state index contributed by atoms with van der Waals surface area (Å²) >= 11 is 0. The summed E-state index contributed by atoms with van der Waals surface area (Å²) in [6.45, 7) is 6.66. The fourth-order valence-corrected chi connectivity index (χ4v) is 3.09. The molecule has 6 nitrogen and oxygen atoms in total. The lowest BCUT2D eigenvalue weighted by Crippen LogP contribution is -2.42. The molecule has 2 atom stereocenters. The molecule has 2 rings (SSSR count). The number of rotatable bonds is 4. The number of carboxylic acids is 1. The Kier molecular flexibility index (Phi) is 4.65. The van der Waals surface area contributed by atoms with E-state index in [4.69, 9.17) is 9.63 Å². The first-order chi connectivity index (χ1) is 9.90. The van der Waals surface area contributed by atoms with Gasteiger partial charge in [-0.25, -0.2) is 0 Å². The van der Waals surface area contributed by atoms with Crippen LogP contribution in [0, 0.1) is 19.8 Å². The average molecular weight is 294 g/mol. The Morgan fingerprint density at radius 2 is 2.19 bits per heavy atom. The Bertz CT molecular complexity index is 518. The molecule has 1 aromatic heterocycles. The van der Waals surface area contributed by atoms with Gasteiger partial charge in [-0.05, 0) is 32.6 Å². The molecule has 1 aliphatic rings. The maximum atomic E-state index is 12.4. The number of carbonyl (C=O) groups excluding carboxylic acids is 1. The van der Waals surface area contributed by atoms with E-state index in [1.54, 1.807) is 4.90 Å². The largest absolute Gasteiger partial charge is 0.481 e. The maximum absolute atomic E-state index is 12.4. The zero-order valence-corrected chi connectivity index (χ0v) is 12.8. The number of aliphatic carboxylic acids is 1. The number of hydrogen-bond acceptors (Lipinski definition) is 4. The lowest BCUT2D eigenvalue weighted by Gasteiger charge is -2.31. The molecule has 0 bridgehead atoms. The van der Waals surface area contributed by atoms with E-state index in [1.807, 2.05) is 20.8 Å². The van der Waals surface area contributed by atoms with Crippen LogP contribution >= 0.6 is 0 Å². The van der Waals surface area contributed by atoms with Crippen LogP contribution in [-0.4, -0.2) is 40.1 Å². The van der Waals surface area contributed by atoms with E-state index >= 15 is 0 Å². The highest BCUT2D eigenvalue weighted by atomic mass is 16.5. The van der Waals surface area contributed by atoms with Crippen molar-refractivity contribution >= 4 is 11.9 Å². The van der Waals surface area contributed by atoms with E-state index in [1.165, 1.54) is 0 Å². The molecule has 1 fully saturated rings. The van der Waals surface area contributed by atoms with Gasteiger partial charge in [-0.15, -0.1) is 0 Å². The molecule has 116 valence electrons. The minimum Gasteiger partial charge on any atom is -0.481 e. The van der Waals surface area contributed by atoms with Crippen LogP contribution in [0.5, 0.6) is 0 Å². The normalized spacial score (nSPS) is 20.3. The Hall–Kier alpha value is -1.85. The second-order valence-corrected chi connectivity index (χ2v) is 5.86. The van der Waals surface area contributed by atoms with E-state index in [0.717, 1.165) is 23.4 Å². The van der Waals surface area contributed by atoms with Gasteiger partial charge in [0.1, 0.15) is 5.76 Å². The third-order valence-corrected chi connectivity index (χ3v) is 4.19. The van der Waals surface area contributed by atoms with Crippen LogP contribution in [-0.2, 0) is 9.59 Å². The molecule has 6 heteroatoms. The Labute approximate surface area is 124 Å². The molecule has 1 saturated heterocycles. The number of aromatic nitrogens is 1. The third kappa shape index (κ3) is 3.43. The molecule has 1 amide bonds. The second kappa shape index (κ2) is 6.28. The summed E-state index contributed by atoms with van der Waals surface area (Å²) in [4.78, 5) is 25.1. The fraction of sp³-hybridized carbons (Fsp3) is 0.667. The third-order valence-electron chi connectivity index (χ3n) is 4.19. The van der Waals surface area contributed by atoms with Crippen LogP contribution in [0.4, 0.5) is 0 Å². The predicted molar refractivity (Wildman–Crippen MR) is 75.9 cm³/mol. The number of hydrogen-bond donors (Lipinski definition) is 1. The number of likely N-dealkylation sites (tertiary alicyclic amines) is 1. The molecule has 1 aromatic rings. The van der Waals surface area contributed by atoms with Gasteiger partial charge >= 0.3 is 5.97 Å². The molecule has 0 radical (unpaired) electrons. The molecule has 2 heterocycles. The highest BCUT2D eigenvalue weighted by Crippen LogP contribution is 2.27. The minimum atomic E-state index is -0.814. The number of piperidine rings is 1. The van der Waals surface area contributed by atoms with Crippen LogP contribution in [0.25, 0.3) is 0 Å². The topological polar surface area (TPSA) is 83.6 Å². The molecular formula is C15H22N2O4. The summed E-state index contributed by atoms with van der Waals surface area (Å²) in [5, 5.41) is 13.0. The van der Waals surface area contributed by atoms with E-state index < -0.39 is 11.9 Å². The van der Waals surface area contributed by atoms with Crippen molar-refractivity contribution in [1.82, 2.24) is 10.1 Å². The van der Waals surface area contributed by atoms with Crippen molar-refractivity contribution in [2.75, 3.05) is 13.1 Å². The molecule has 0 spiro atoms. The number of amides is 1. The summed E-state index contributed by atoms with van der Waals surface area (Å²) in [6, 6.07) is 0. The standard InChI is InChI=1S/C15H22N2O4/c1-9(14-10(2)16-21-11(14)3)7-13(18)17-6-4-5-12(8-17)15(19)20/h9,12H,4-8H2,1-3H3,(H,19,20)/t9?,12-/m0/s1. The van der Waals surface area contributed by atoms with Gasteiger partial charge in [-0.1, -0.05) is 12.1 Å². The first-order valence-electron chi connectivity index (χ1n) is 7.33. The zero-order chi connectivity index (χ0) is 15.6. The first kappa shape index (κ1) is 15.5. The van der Waals surface area contributed by atoms with Gasteiger partial charge in [0.25, 0.3) is 0 Å². The van der Waals surface area contributed by atoms with Gasteiger partial charge in [-0.3, -0.25) is 9.59 Å². The SMILES string of the molecule is Cc1noc(C)c1C(C)CC(=O)N1CCC[C@H](C(=O)O)C1. The van der Waals surface area contributed by atoms with Gasteiger partial charge in [0, 0.05) is 25.1 Å². The molecule has 1 unspecified atom stereocenters. The summed E-state index contributed by atoms with van der Waals surface area (Å²) < 4.78 is 5.14. The van der Waals surface area contributed by atoms with Gasteiger partial charge in [0.05, 0.1) is 11.6 Å². The van der Waals surface area contributed by atoms with E-state index in [0.29, 0.717) is 25.9 Å². The summed E-state index contributed by atoms with van der Waals surface area (Å²) in [7, 11) is 0. The quantitative estimate of drug-likeness (QED) is 0.919. The zero-order valence-electron chi connectivity index (χ0n) is 12.8. The molecule has 0 aromatic carbocycles. The predicted octanol–water partition coefficient (Wildman–Crippen LogP) is 2.11. The number of nitrogens with zero attached hydrogens (tertiary/aromatic N) is 2. The molecular weight excluding hydrogens is 272 g/mol. The molecule has 0 aliphatic carbocycles. The monoisotopic (exact) mass is 294 g/mol. The van der Waals surface area contributed by atoms with Crippen LogP contribution in [0.1, 0.15) is 49.1 Å². The lowest BCUT2D eigenvalue weighted by molar-refractivity contribution is -0.145. The van der Waals surface area contributed by atoms with Crippen molar-refractivity contribution in [2.45, 2.75) is 46.0 Å². The smallest absolute Gasteiger partial charge is 0.308 e. The van der Waals surface area contributed by atoms with Crippen LogP contribution in [0.15, 0.2) is 4.52 Å². The Morgan fingerprint density at radius 3 is 2.76 bits per heavy atom. The van der Waals surface area contributed by atoms with E-state index in [-0.39, 0.29) is 11.8 Å². The van der Waals surface area contributed by atoms with Crippen LogP contribution in [0.3, 0.4) is 0 Å². The van der Waals surface area contributed by atoms with Crippen molar-refractivity contribution in [3.05, 3.63) is 17.0 Å². The van der Waals surface area contributed by atoms with Crippen molar-refractivity contribution in [2.24, 2.45) is 5.92 Å². The van der Waals surface area contributed by atoms with Crippen LogP contribution in [0.2, 0.25) is 0 Å². The number of aryl methyl sites for hydroxylation is 2. The van der Waals surface area contributed by atoms with Gasteiger partial charge in [-0.2, -0.15) is 0 Å². The summed E-state index contributed by atoms with van der Waals surface area (Å²) in [6.07, 6.45) is 1.76. The van der Waals surface area contributed by atoms with E-state index in [9.17, 15) is 9.59 Å². The number of carboxylic acid groups (broad SMARTS) is 1. The average Bonchev–Trinajstić information content (AvgIpc) is 2.78. The summed E-state index contributed by atoms with van der Waals surface area (Å²) in [5.41, 5.74) is 1.80. The Morgan fingerprint density at radius 1 is 1.48 bits per heavy atom. The second-order valence-electron chi connectivity index (χ2n) is 5.86. The maximum Gasteiger partial charge on any atom is 0.308 e. The van der Waals surface area contributed by atoms with Crippen LogP contribution < -0.4 is 0 Å². The highest BCUT2D eigenvalue weighted by molar-refractivity contribution is 5.78. The van der Waals surface area contributed by atoms with Crippen molar-refractivity contribution < 1.29 is 19.2 Å². The minimum absolute atomic E-state index is 0.00782. The van der Waals surface area contributed by atoms with Gasteiger partial charge in [0.15, 0.2) is 0 Å². The molecule has 21 heavy (non-hydrogen) atoms. The first-order valence-corrected chi connectivity index (χ1v) is 7.33.